The van der Waals surface area contributed by atoms with Crippen molar-refractivity contribution in [1.29, 1.82) is 0 Å². The Labute approximate surface area is 114 Å². The van der Waals surface area contributed by atoms with Crippen molar-refractivity contribution in [3.05, 3.63) is 29.8 Å². The summed E-state index contributed by atoms with van der Waals surface area (Å²) in [5, 5.41) is 3.42. The first kappa shape index (κ1) is 11.5. The average Bonchev–Trinajstić information content (AvgIpc) is 3.24. The van der Waals surface area contributed by atoms with Crippen molar-refractivity contribution in [2.75, 3.05) is 18.0 Å². The van der Waals surface area contributed by atoms with Crippen LogP contribution in [0.25, 0.3) is 0 Å². The van der Waals surface area contributed by atoms with E-state index in [1.54, 1.807) is 0 Å². The van der Waals surface area contributed by atoms with Crippen LogP contribution in [0.5, 0.6) is 0 Å². The summed E-state index contributed by atoms with van der Waals surface area (Å²) in [5.41, 5.74) is 2.72. The number of fused-ring (bicyclic) bond motifs is 2. The monoisotopic (exact) mass is 256 g/mol. The van der Waals surface area contributed by atoms with Crippen LogP contribution in [-0.4, -0.2) is 25.0 Å². The molecule has 0 bridgehead atoms. The van der Waals surface area contributed by atoms with Gasteiger partial charge >= 0.3 is 0 Å². The first-order valence-electron chi connectivity index (χ1n) is 7.42. The molecule has 4 rings (SSSR count). The van der Waals surface area contributed by atoms with Crippen LogP contribution in [0.3, 0.4) is 0 Å². The molecule has 2 aliphatic heterocycles. The summed E-state index contributed by atoms with van der Waals surface area (Å²) < 4.78 is 0. The highest BCUT2D eigenvalue weighted by Crippen LogP contribution is 2.48. The quantitative estimate of drug-likeness (QED) is 0.835. The van der Waals surface area contributed by atoms with Gasteiger partial charge in [0, 0.05) is 23.6 Å². The number of hydrogen-bond donors (Lipinski definition) is 1. The number of para-hydroxylation sites is 1. The van der Waals surface area contributed by atoms with Crippen molar-refractivity contribution in [3.8, 4) is 0 Å². The molecule has 2 fully saturated rings. The number of benzene rings is 1. The summed E-state index contributed by atoms with van der Waals surface area (Å²) in [6.07, 6.45) is 5.24. The average molecular weight is 256 g/mol. The Hall–Kier alpha value is -1.35. The van der Waals surface area contributed by atoms with E-state index in [0.29, 0.717) is 18.4 Å². The van der Waals surface area contributed by atoms with Crippen molar-refractivity contribution in [3.63, 3.8) is 0 Å². The largest absolute Gasteiger partial charge is 0.317 e. The van der Waals surface area contributed by atoms with Crippen LogP contribution in [0.2, 0.25) is 0 Å². The van der Waals surface area contributed by atoms with Gasteiger partial charge in [-0.25, -0.2) is 0 Å². The molecule has 3 nitrogen and oxygen atoms in total. The lowest BCUT2D eigenvalue weighted by Gasteiger charge is -2.45. The number of nitrogens with zero attached hydrogens (tertiary/aromatic N) is 1. The molecule has 2 heterocycles. The van der Waals surface area contributed by atoms with Crippen LogP contribution in [0.4, 0.5) is 5.69 Å². The minimum Gasteiger partial charge on any atom is -0.317 e. The lowest BCUT2D eigenvalue weighted by molar-refractivity contribution is -0.120. The number of amides is 1. The summed E-state index contributed by atoms with van der Waals surface area (Å²) in [4.78, 5) is 14.7. The normalized spacial score (nSPS) is 25.5. The third kappa shape index (κ3) is 1.71. The predicted molar refractivity (Wildman–Crippen MR) is 75.3 cm³/mol. The molecule has 1 aliphatic carbocycles. The first-order valence-corrected chi connectivity index (χ1v) is 7.42. The standard InChI is InChI=1S/C16H20N2O/c19-15-11-16(7-9-17-10-8-16)13-3-1-2-4-14(13)18(15)12-5-6-12/h1-4,12,17H,5-11H2. The second-order valence-electron chi connectivity index (χ2n) is 6.22. The van der Waals surface area contributed by atoms with E-state index >= 15 is 0 Å². The number of hydrogen-bond acceptors (Lipinski definition) is 2. The van der Waals surface area contributed by atoms with Crippen LogP contribution in [0, 0.1) is 0 Å². The van der Waals surface area contributed by atoms with Crippen LogP contribution in [0.15, 0.2) is 24.3 Å². The lowest BCUT2D eigenvalue weighted by atomic mass is 9.68. The van der Waals surface area contributed by atoms with Crippen LogP contribution in [-0.2, 0) is 10.2 Å². The first-order chi connectivity index (χ1) is 9.30. The fraction of sp³-hybridized carbons (Fsp3) is 0.562. The number of nitrogens with one attached hydrogen (secondary N) is 1. The number of anilines is 1. The van der Waals surface area contributed by atoms with Gasteiger partial charge in [-0.05, 0) is 50.4 Å². The molecule has 1 N–H and O–H groups in total. The molecule has 19 heavy (non-hydrogen) atoms. The molecular weight excluding hydrogens is 236 g/mol. The third-order valence-electron chi connectivity index (χ3n) is 4.97. The van der Waals surface area contributed by atoms with E-state index < -0.39 is 0 Å². The zero-order chi connectivity index (χ0) is 12.9. The molecular formula is C16H20N2O. The Morgan fingerprint density at radius 3 is 2.63 bits per heavy atom. The Morgan fingerprint density at radius 1 is 1.16 bits per heavy atom. The molecule has 3 aliphatic rings. The smallest absolute Gasteiger partial charge is 0.228 e. The van der Waals surface area contributed by atoms with Gasteiger partial charge in [-0.3, -0.25) is 4.79 Å². The molecule has 0 radical (unpaired) electrons. The summed E-state index contributed by atoms with van der Waals surface area (Å²) in [6, 6.07) is 9.08. The van der Waals surface area contributed by atoms with Crippen LogP contribution >= 0.6 is 0 Å². The minimum atomic E-state index is 0.102. The molecule has 100 valence electrons. The predicted octanol–water partition coefficient (Wildman–Crippen LogP) is 2.21. The van der Waals surface area contributed by atoms with Crippen molar-refractivity contribution >= 4 is 11.6 Å². The number of rotatable bonds is 1. The topological polar surface area (TPSA) is 32.3 Å². The van der Waals surface area contributed by atoms with Gasteiger partial charge in [-0.2, -0.15) is 0 Å². The van der Waals surface area contributed by atoms with Crippen molar-refractivity contribution < 1.29 is 4.79 Å². The van der Waals surface area contributed by atoms with Crippen LogP contribution in [0.1, 0.15) is 37.7 Å². The van der Waals surface area contributed by atoms with Crippen LogP contribution < -0.4 is 10.2 Å². The second-order valence-corrected chi connectivity index (χ2v) is 6.22. The van der Waals surface area contributed by atoms with E-state index in [4.69, 9.17) is 0 Å². The van der Waals surface area contributed by atoms with Crippen molar-refractivity contribution in [2.45, 2.75) is 43.6 Å². The van der Waals surface area contributed by atoms with E-state index in [0.717, 1.165) is 25.9 Å². The summed E-state index contributed by atoms with van der Waals surface area (Å²) in [5.74, 6) is 0.350. The zero-order valence-corrected chi connectivity index (χ0v) is 11.2. The zero-order valence-electron chi connectivity index (χ0n) is 11.2. The molecule has 1 spiro atoms. The molecule has 1 amide bonds. The molecule has 0 atom stereocenters. The third-order valence-corrected chi connectivity index (χ3v) is 4.97. The molecule has 1 aromatic rings. The van der Waals surface area contributed by atoms with E-state index in [1.165, 1.54) is 24.1 Å². The lowest BCUT2D eigenvalue weighted by Crippen LogP contribution is -2.49. The molecule has 1 aromatic carbocycles. The van der Waals surface area contributed by atoms with Crippen molar-refractivity contribution in [1.82, 2.24) is 5.32 Å². The Bertz CT molecular complexity index is 515. The number of carbonyl (C=O) groups is 1. The molecule has 0 aromatic heterocycles. The van der Waals surface area contributed by atoms with E-state index in [9.17, 15) is 4.79 Å². The van der Waals surface area contributed by atoms with Gasteiger partial charge in [-0.15, -0.1) is 0 Å². The molecule has 1 saturated heterocycles. The maximum absolute atomic E-state index is 12.6. The maximum Gasteiger partial charge on any atom is 0.228 e. The minimum absolute atomic E-state index is 0.102. The number of carbonyl (C=O) groups excluding carboxylic acids is 1. The van der Waals surface area contributed by atoms with E-state index in [-0.39, 0.29) is 5.41 Å². The van der Waals surface area contributed by atoms with Gasteiger partial charge in [0.2, 0.25) is 5.91 Å². The van der Waals surface area contributed by atoms with Gasteiger partial charge in [0.25, 0.3) is 0 Å². The fourth-order valence-corrected chi connectivity index (χ4v) is 3.82. The Morgan fingerprint density at radius 2 is 1.89 bits per heavy atom. The highest BCUT2D eigenvalue weighted by Gasteiger charge is 2.47. The van der Waals surface area contributed by atoms with Gasteiger partial charge in [-0.1, -0.05) is 18.2 Å². The summed E-state index contributed by atoms with van der Waals surface area (Å²) >= 11 is 0. The van der Waals surface area contributed by atoms with E-state index in [1.807, 2.05) is 0 Å². The Balaban J connectivity index is 1.83. The highest BCUT2D eigenvalue weighted by molar-refractivity contribution is 5.99. The summed E-state index contributed by atoms with van der Waals surface area (Å²) in [7, 11) is 0. The van der Waals surface area contributed by atoms with Gasteiger partial charge in [0.05, 0.1) is 0 Å². The SMILES string of the molecule is O=C1CC2(CCNCC2)c2ccccc2N1C1CC1. The Kier molecular flexibility index (Phi) is 2.46. The van der Waals surface area contributed by atoms with Gasteiger partial charge < -0.3 is 10.2 Å². The molecule has 3 heteroatoms. The van der Waals surface area contributed by atoms with Gasteiger partial charge in [0.15, 0.2) is 0 Å². The highest BCUT2D eigenvalue weighted by atomic mass is 16.2. The summed E-state index contributed by atoms with van der Waals surface area (Å²) in [6.45, 7) is 2.07. The maximum atomic E-state index is 12.6. The second kappa shape index (κ2) is 4.07. The fourth-order valence-electron chi connectivity index (χ4n) is 3.82. The number of piperidine rings is 1. The molecule has 1 saturated carbocycles. The van der Waals surface area contributed by atoms with Gasteiger partial charge in [0.1, 0.15) is 0 Å². The molecule has 0 unspecified atom stereocenters. The van der Waals surface area contributed by atoms with Crippen molar-refractivity contribution in [2.24, 2.45) is 0 Å². The van der Waals surface area contributed by atoms with E-state index in [2.05, 4.69) is 34.5 Å².